The van der Waals surface area contributed by atoms with Crippen LogP contribution in [-0.2, 0) is 0 Å². The summed E-state index contributed by atoms with van der Waals surface area (Å²) in [5.74, 6) is 2.49. The quantitative estimate of drug-likeness (QED) is 0.185. The molecular formula is C42H28N2O2. The van der Waals surface area contributed by atoms with Crippen molar-refractivity contribution in [3.8, 4) is 56.6 Å². The summed E-state index contributed by atoms with van der Waals surface area (Å²) in [5.41, 5.74) is 6.42. The number of nitrogens with zero attached hydrogens (tertiary/aromatic N) is 2. The van der Waals surface area contributed by atoms with Gasteiger partial charge < -0.3 is 9.47 Å². The Kier molecular flexibility index (Phi) is 7.14. The number of rotatable bonds is 7. The van der Waals surface area contributed by atoms with Gasteiger partial charge in [-0.1, -0.05) is 109 Å². The molecular weight excluding hydrogens is 564 g/mol. The lowest BCUT2D eigenvalue weighted by atomic mass is 9.99. The van der Waals surface area contributed by atoms with E-state index in [-0.39, 0.29) is 0 Å². The molecule has 0 saturated carbocycles. The maximum Gasteiger partial charge on any atom is 0.219 e. The second kappa shape index (κ2) is 12.0. The average molecular weight is 593 g/mol. The Morgan fingerprint density at radius 1 is 0.348 bits per heavy atom. The van der Waals surface area contributed by atoms with Crippen molar-refractivity contribution in [1.82, 2.24) is 9.97 Å². The van der Waals surface area contributed by atoms with Crippen LogP contribution in [0.4, 0.5) is 0 Å². The Morgan fingerprint density at radius 3 is 1.28 bits per heavy atom. The van der Waals surface area contributed by atoms with E-state index in [0.717, 1.165) is 33.4 Å². The lowest BCUT2D eigenvalue weighted by Crippen LogP contribution is -1.91. The van der Waals surface area contributed by atoms with Crippen LogP contribution in [0.1, 0.15) is 0 Å². The third-order valence-corrected chi connectivity index (χ3v) is 8.12. The number of hydrogen-bond acceptors (Lipinski definition) is 4. The highest BCUT2D eigenvalue weighted by atomic mass is 16.5. The molecule has 0 fully saturated rings. The number of benzene rings is 6. The van der Waals surface area contributed by atoms with E-state index in [4.69, 9.17) is 9.47 Å². The van der Waals surface area contributed by atoms with E-state index in [1.54, 1.807) is 12.4 Å². The Bertz CT molecular complexity index is 2170. The van der Waals surface area contributed by atoms with E-state index in [2.05, 4.69) is 107 Å². The minimum absolute atomic E-state index is 0.539. The number of aromatic nitrogens is 2. The van der Waals surface area contributed by atoms with Crippen LogP contribution in [-0.4, -0.2) is 9.97 Å². The van der Waals surface area contributed by atoms with Gasteiger partial charge in [0.1, 0.15) is 11.5 Å². The first-order valence-corrected chi connectivity index (χ1v) is 15.2. The number of pyridine rings is 2. The van der Waals surface area contributed by atoms with Gasteiger partial charge in [-0.05, 0) is 91.3 Å². The zero-order valence-electron chi connectivity index (χ0n) is 24.9. The fourth-order valence-electron chi connectivity index (χ4n) is 5.94. The highest BCUT2D eigenvalue weighted by Gasteiger charge is 2.10. The standard InChI is InChI=1S/C42H28N2O2/c1-3-17-37-29(9-1)11-7-19-39(37)33-21-23-43-41(27-33)45-35-15-5-13-31(25-35)32-14-6-16-36(26-32)46-42-28-34(22-24-44-42)40-20-8-12-30-10-2-4-18-38(30)40/h1-28H. The molecule has 0 saturated heterocycles. The van der Waals surface area contributed by atoms with E-state index >= 15 is 0 Å². The topological polar surface area (TPSA) is 44.2 Å². The molecule has 218 valence electrons. The number of fused-ring (bicyclic) bond motifs is 2. The molecule has 0 spiro atoms. The number of hydrogen-bond donors (Lipinski definition) is 0. The number of ether oxygens (including phenoxy) is 2. The molecule has 4 nitrogen and oxygen atoms in total. The second-order valence-corrected chi connectivity index (χ2v) is 11.1. The van der Waals surface area contributed by atoms with Gasteiger partial charge in [0.05, 0.1) is 0 Å². The molecule has 8 rings (SSSR count). The van der Waals surface area contributed by atoms with Crippen molar-refractivity contribution in [1.29, 1.82) is 0 Å². The van der Waals surface area contributed by atoms with Gasteiger partial charge in [0.25, 0.3) is 0 Å². The molecule has 2 heterocycles. The molecule has 0 aliphatic carbocycles. The minimum atomic E-state index is 0.539. The molecule has 0 aliphatic rings. The van der Waals surface area contributed by atoms with Crippen LogP contribution in [0.5, 0.6) is 23.3 Å². The zero-order chi connectivity index (χ0) is 30.7. The summed E-state index contributed by atoms with van der Waals surface area (Å²) in [6.45, 7) is 0. The lowest BCUT2D eigenvalue weighted by molar-refractivity contribution is 0.462. The molecule has 0 N–H and O–H groups in total. The van der Waals surface area contributed by atoms with Crippen LogP contribution < -0.4 is 9.47 Å². The molecule has 46 heavy (non-hydrogen) atoms. The predicted molar refractivity (Wildman–Crippen MR) is 186 cm³/mol. The molecule has 0 bridgehead atoms. The summed E-state index contributed by atoms with van der Waals surface area (Å²) in [6, 6.07) is 53.5. The van der Waals surface area contributed by atoms with Gasteiger partial charge in [-0.15, -0.1) is 0 Å². The SMILES string of the molecule is c1cc(Oc2cc(-c3cccc4ccccc34)ccn2)cc(-c2cccc(Oc3cc(-c4cccc5ccccc45)ccn3)c2)c1. The summed E-state index contributed by atoms with van der Waals surface area (Å²) >= 11 is 0. The molecule has 0 aliphatic heterocycles. The van der Waals surface area contributed by atoms with Crippen molar-refractivity contribution in [2.24, 2.45) is 0 Å². The van der Waals surface area contributed by atoms with E-state index in [9.17, 15) is 0 Å². The molecule has 6 aromatic carbocycles. The lowest BCUT2D eigenvalue weighted by Gasteiger charge is -2.11. The Hall–Kier alpha value is -6.26. The third kappa shape index (κ3) is 5.56. The smallest absolute Gasteiger partial charge is 0.219 e. The molecule has 0 atom stereocenters. The fraction of sp³-hybridized carbons (Fsp3) is 0. The highest BCUT2D eigenvalue weighted by Crippen LogP contribution is 2.34. The van der Waals surface area contributed by atoms with Crippen molar-refractivity contribution in [2.75, 3.05) is 0 Å². The van der Waals surface area contributed by atoms with E-state index in [0.29, 0.717) is 23.3 Å². The van der Waals surface area contributed by atoms with Crippen LogP contribution in [0, 0.1) is 0 Å². The summed E-state index contributed by atoms with van der Waals surface area (Å²) < 4.78 is 12.5. The van der Waals surface area contributed by atoms with Crippen molar-refractivity contribution in [3.05, 3.63) is 170 Å². The highest BCUT2D eigenvalue weighted by molar-refractivity contribution is 5.97. The van der Waals surface area contributed by atoms with E-state index in [1.165, 1.54) is 21.5 Å². The third-order valence-electron chi connectivity index (χ3n) is 8.12. The first-order chi connectivity index (χ1) is 22.8. The van der Waals surface area contributed by atoms with Gasteiger partial charge in [0, 0.05) is 24.5 Å². The van der Waals surface area contributed by atoms with Gasteiger partial charge >= 0.3 is 0 Å². The first kappa shape index (κ1) is 27.3. The van der Waals surface area contributed by atoms with E-state index in [1.807, 2.05) is 60.7 Å². The maximum absolute atomic E-state index is 6.27. The van der Waals surface area contributed by atoms with Crippen LogP contribution in [0.25, 0.3) is 54.9 Å². The second-order valence-electron chi connectivity index (χ2n) is 11.1. The molecule has 0 unspecified atom stereocenters. The van der Waals surface area contributed by atoms with E-state index < -0.39 is 0 Å². The predicted octanol–water partition coefficient (Wildman–Crippen LogP) is 11.4. The molecule has 0 radical (unpaired) electrons. The van der Waals surface area contributed by atoms with Crippen molar-refractivity contribution >= 4 is 21.5 Å². The summed E-state index contributed by atoms with van der Waals surface area (Å²) in [6.07, 6.45) is 3.58. The van der Waals surface area contributed by atoms with Gasteiger partial charge in [-0.3, -0.25) is 0 Å². The molecule has 0 amide bonds. The monoisotopic (exact) mass is 592 g/mol. The normalized spacial score (nSPS) is 11.0. The van der Waals surface area contributed by atoms with Gasteiger partial charge in [-0.2, -0.15) is 0 Å². The van der Waals surface area contributed by atoms with Crippen molar-refractivity contribution in [2.45, 2.75) is 0 Å². The zero-order valence-corrected chi connectivity index (χ0v) is 24.9. The molecule has 4 heteroatoms. The summed E-state index contributed by atoms with van der Waals surface area (Å²) in [5, 5.41) is 4.79. The van der Waals surface area contributed by atoms with Crippen molar-refractivity contribution in [3.63, 3.8) is 0 Å². The van der Waals surface area contributed by atoms with Gasteiger partial charge in [0.15, 0.2) is 0 Å². The fourth-order valence-corrected chi connectivity index (χ4v) is 5.94. The Labute approximate surface area is 267 Å². The van der Waals surface area contributed by atoms with Gasteiger partial charge in [-0.25, -0.2) is 9.97 Å². The van der Waals surface area contributed by atoms with Crippen LogP contribution in [0.2, 0.25) is 0 Å². The maximum atomic E-state index is 6.27. The summed E-state index contributed by atoms with van der Waals surface area (Å²) in [4.78, 5) is 9.00. The average Bonchev–Trinajstić information content (AvgIpc) is 3.12. The van der Waals surface area contributed by atoms with Crippen LogP contribution in [0.15, 0.2) is 170 Å². The van der Waals surface area contributed by atoms with Gasteiger partial charge in [0.2, 0.25) is 11.8 Å². The molecule has 2 aromatic heterocycles. The van der Waals surface area contributed by atoms with Crippen LogP contribution in [0.3, 0.4) is 0 Å². The minimum Gasteiger partial charge on any atom is -0.439 e. The Morgan fingerprint density at radius 2 is 0.783 bits per heavy atom. The molecule has 8 aromatic rings. The van der Waals surface area contributed by atoms with Crippen molar-refractivity contribution < 1.29 is 9.47 Å². The largest absolute Gasteiger partial charge is 0.439 e. The summed E-state index contributed by atoms with van der Waals surface area (Å²) in [7, 11) is 0. The first-order valence-electron chi connectivity index (χ1n) is 15.2. The Balaban J connectivity index is 1.03. The van der Waals surface area contributed by atoms with Crippen LogP contribution >= 0.6 is 0 Å².